The SMILES string of the molecule is C=CC(=O)N1CCN(c2nc(N/C(C=C)=C/NC)nc3c(F)c(-c4c(C)ccc5[nH]ncc45)c(Cl)cc23)CC1.CC. The third-order valence-corrected chi connectivity index (χ3v) is 7.08. The van der Waals surface area contributed by atoms with Crippen molar-refractivity contribution in [2.24, 2.45) is 0 Å². The van der Waals surface area contributed by atoms with E-state index in [0.29, 0.717) is 48.6 Å². The summed E-state index contributed by atoms with van der Waals surface area (Å²) in [5.74, 6) is 0.0414. The van der Waals surface area contributed by atoms with Crippen molar-refractivity contribution in [1.29, 1.82) is 0 Å². The van der Waals surface area contributed by atoms with Gasteiger partial charge in [0, 0.05) is 61.3 Å². The Hall–Kier alpha value is -4.44. The Kier molecular flexibility index (Phi) is 9.24. The average molecular weight is 577 g/mol. The third kappa shape index (κ3) is 5.74. The van der Waals surface area contributed by atoms with Crippen molar-refractivity contribution in [3.63, 3.8) is 0 Å². The molecule has 1 fully saturated rings. The lowest BCUT2D eigenvalue weighted by molar-refractivity contribution is -0.126. The first kappa shape index (κ1) is 29.5. The van der Waals surface area contributed by atoms with Crippen LogP contribution in [0.25, 0.3) is 32.9 Å². The predicted molar refractivity (Wildman–Crippen MR) is 166 cm³/mol. The van der Waals surface area contributed by atoms with Gasteiger partial charge in [-0.05, 0) is 36.8 Å². The monoisotopic (exact) mass is 576 g/mol. The number of anilines is 2. The van der Waals surface area contributed by atoms with Crippen LogP contribution >= 0.6 is 11.6 Å². The van der Waals surface area contributed by atoms with Crippen LogP contribution in [0, 0.1) is 12.7 Å². The maximum absolute atomic E-state index is 16.6. The van der Waals surface area contributed by atoms with Crippen LogP contribution in [0.5, 0.6) is 0 Å². The lowest BCUT2D eigenvalue weighted by Crippen LogP contribution is -2.48. The van der Waals surface area contributed by atoms with E-state index in [-0.39, 0.29) is 28.0 Å². The highest BCUT2D eigenvalue weighted by Gasteiger charge is 2.26. The zero-order valence-electron chi connectivity index (χ0n) is 23.7. The van der Waals surface area contributed by atoms with Crippen molar-refractivity contribution in [1.82, 2.24) is 30.4 Å². The smallest absolute Gasteiger partial charge is 0.246 e. The Morgan fingerprint density at radius 1 is 1.10 bits per heavy atom. The molecule has 5 rings (SSSR count). The summed E-state index contributed by atoms with van der Waals surface area (Å²) in [6, 6.07) is 5.51. The van der Waals surface area contributed by atoms with E-state index in [1.165, 1.54) is 6.08 Å². The van der Waals surface area contributed by atoms with E-state index < -0.39 is 5.82 Å². The molecule has 9 nitrogen and oxygen atoms in total. The first-order chi connectivity index (χ1) is 19.9. The van der Waals surface area contributed by atoms with Crippen LogP contribution in [0.1, 0.15) is 19.4 Å². The summed E-state index contributed by atoms with van der Waals surface area (Å²) in [6.45, 7) is 15.3. The molecular weight excluding hydrogens is 543 g/mol. The number of rotatable bonds is 7. The number of fused-ring (bicyclic) bond motifs is 2. The molecule has 0 unspecified atom stereocenters. The number of nitrogens with zero attached hydrogens (tertiary/aromatic N) is 5. The second-order valence-corrected chi connectivity index (χ2v) is 9.54. The van der Waals surface area contributed by atoms with Crippen LogP contribution in [0.15, 0.2) is 61.6 Å². The number of carbonyl (C=O) groups is 1. The Morgan fingerprint density at radius 3 is 2.49 bits per heavy atom. The fourth-order valence-corrected chi connectivity index (χ4v) is 5.15. The lowest BCUT2D eigenvalue weighted by Gasteiger charge is -2.35. The molecule has 11 heteroatoms. The standard InChI is InChI=1S/C28H28ClFN8O.C2H6/c1-5-17(14-31-4)33-28-34-26-18(27(35-28)38-11-9-37(10-12-38)22(39)6-2)13-20(29)24(25(26)30)23-16(3)7-8-21-19(23)15-32-36-21;1-2/h5-8,13-15,31H,1-2,9-12H2,3-4H3,(H,32,36)(H,33,34,35);1-2H3/b17-14+;. The van der Waals surface area contributed by atoms with Gasteiger partial charge in [-0.25, -0.2) is 9.37 Å². The minimum atomic E-state index is -0.556. The van der Waals surface area contributed by atoms with E-state index in [9.17, 15) is 4.79 Å². The molecule has 0 spiro atoms. The second-order valence-electron chi connectivity index (χ2n) is 9.14. The highest BCUT2D eigenvalue weighted by atomic mass is 35.5. The maximum atomic E-state index is 16.6. The van der Waals surface area contributed by atoms with Gasteiger partial charge in [-0.3, -0.25) is 9.89 Å². The summed E-state index contributed by atoms with van der Waals surface area (Å²) in [5, 5.41) is 14.6. The molecule has 1 amide bonds. The third-order valence-electron chi connectivity index (χ3n) is 6.79. The Bertz CT molecular complexity index is 1640. The zero-order valence-corrected chi connectivity index (χ0v) is 24.4. The normalized spacial score (nSPS) is 13.6. The Morgan fingerprint density at radius 2 is 1.83 bits per heavy atom. The topological polar surface area (TPSA) is 102 Å². The van der Waals surface area contributed by atoms with E-state index in [1.807, 2.05) is 37.8 Å². The van der Waals surface area contributed by atoms with Gasteiger partial charge >= 0.3 is 0 Å². The number of carbonyl (C=O) groups excluding carboxylic acids is 1. The van der Waals surface area contributed by atoms with Gasteiger partial charge in [-0.1, -0.05) is 44.7 Å². The molecule has 3 N–H and O–H groups in total. The molecule has 1 aliphatic heterocycles. The van der Waals surface area contributed by atoms with E-state index >= 15 is 4.39 Å². The van der Waals surface area contributed by atoms with Gasteiger partial charge in [-0.15, -0.1) is 0 Å². The zero-order chi connectivity index (χ0) is 29.7. The molecule has 4 aromatic rings. The van der Waals surface area contributed by atoms with Crippen molar-refractivity contribution >= 4 is 51.1 Å². The van der Waals surface area contributed by atoms with Gasteiger partial charge in [0.05, 0.1) is 22.4 Å². The van der Waals surface area contributed by atoms with Crippen molar-refractivity contribution in [2.45, 2.75) is 20.8 Å². The van der Waals surface area contributed by atoms with Crippen molar-refractivity contribution in [3.8, 4) is 11.1 Å². The summed E-state index contributed by atoms with van der Waals surface area (Å²) in [5.41, 5.74) is 3.26. The number of benzene rings is 2. The molecular formula is C30H34ClFN8O. The summed E-state index contributed by atoms with van der Waals surface area (Å²) in [4.78, 5) is 25.2. The number of amides is 1. The molecule has 0 saturated carbocycles. The fraction of sp³-hybridized carbons (Fsp3) is 0.267. The minimum Gasteiger partial charge on any atom is -0.392 e. The van der Waals surface area contributed by atoms with Gasteiger partial charge in [0.25, 0.3) is 0 Å². The van der Waals surface area contributed by atoms with Crippen molar-refractivity contribution in [2.75, 3.05) is 43.4 Å². The number of aryl methyl sites for hydroxylation is 1. The number of nitrogens with one attached hydrogen (secondary N) is 3. The predicted octanol–water partition coefficient (Wildman–Crippen LogP) is 5.79. The van der Waals surface area contributed by atoms with Crippen molar-refractivity contribution in [3.05, 3.63) is 78.0 Å². The largest absolute Gasteiger partial charge is 0.392 e. The Balaban J connectivity index is 0.00000189. The molecule has 0 aliphatic carbocycles. The number of aromatic nitrogens is 4. The van der Waals surface area contributed by atoms with Crippen LogP contribution in [0.4, 0.5) is 16.2 Å². The number of H-pyrrole nitrogens is 1. The van der Waals surface area contributed by atoms with Gasteiger partial charge in [-0.2, -0.15) is 10.1 Å². The number of hydrogen-bond acceptors (Lipinski definition) is 7. The molecule has 41 heavy (non-hydrogen) atoms. The average Bonchev–Trinajstić information content (AvgIpc) is 3.48. The molecule has 1 aliphatic rings. The highest BCUT2D eigenvalue weighted by Crippen LogP contribution is 2.42. The van der Waals surface area contributed by atoms with E-state index in [4.69, 9.17) is 16.6 Å². The summed E-state index contributed by atoms with van der Waals surface area (Å²) in [7, 11) is 1.76. The number of allylic oxidation sites excluding steroid dienone is 1. The van der Waals surface area contributed by atoms with Crippen LogP contribution < -0.4 is 15.5 Å². The molecule has 1 saturated heterocycles. The van der Waals surface area contributed by atoms with Crippen LogP contribution in [-0.2, 0) is 4.79 Å². The second kappa shape index (κ2) is 12.8. The van der Waals surface area contributed by atoms with Gasteiger partial charge in [0.15, 0.2) is 5.82 Å². The first-order valence-corrected chi connectivity index (χ1v) is 13.8. The maximum Gasteiger partial charge on any atom is 0.246 e. The summed E-state index contributed by atoms with van der Waals surface area (Å²) < 4.78 is 16.6. The molecule has 3 heterocycles. The highest BCUT2D eigenvalue weighted by molar-refractivity contribution is 6.35. The van der Waals surface area contributed by atoms with E-state index in [1.54, 1.807) is 36.5 Å². The summed E-state index contributed by atoms with van der Waals surface area (Å²) >= 11 is 6.81. The minimum absolute atomic E-state index is 0.124. The van der Waals surface area contributed by atoms with Crippen molar-refractivity contribution < 1.29 is 9.18 Å². The summed E-state index contributed by atoms with van der Waals surface area (Å²) in [6.07, 6.45) is 6.28. The van der Waals surface area contributed by atoms with Gasteiger partial charge in [0.1, 0.15) is 11.3 Å². The lowest BCUT2D eigenvalue weighted by atomic mass is 9.95. The molecule has 0 atom stereocenters. The molecule has 0 radical (unpaired) electrons. The first-order valence-electron chi connectivity index (χ1n) is 13.4. The molecule has 214 valence electrons. The van der Waals surface area contributed by atoms with Crippen LogP contribution in [0.2, 0.25) is 5.02 Å². The number of aromatic amines is 1. The van der Waals surface area contributed by atoms with E-state index in [2.05, 4.69) is 39.0 Å². The number of piperazine rings is 1. The van der Waals surface area contributed by atoms with Gasteiger partial charge in [0.2, 0.25) is 11.9 Å². The number of halogens is 2. The fourth-order valence-electron chi connectivity index (χ4n) is 4.86. The molecule has 2 aromatic carbocycles. The molecule has 0 bridgehead atoms. The van der Waals surface area contributed by atoms with E-state index in [0.717, 1.165) is 16.5 Å². The Labute approximate surface area is 243 Å². The van der Waals surface area contributed by atoms with Gasteiger partial charge < -0.3 is 20.4 Å². The number of hydrogen-bond donors (Lipinski definition) is 3. The van der Waals surface area contributed by atoms with Crippen LogP contribution in [-0.4, -0.2) is 64.2 Å². The quantitative estimate of drug-likeness (QED) is 0.189. The van der Waals surface area contributed by atoms with Crippen LogP contribution in [0.3, 0.4) is 0 Å². The molecule has 2 aromatic heterocycles.